The Kier molecular flexibility index (Phi) is 7.04. The SMILES string of the molecule is COc1cc(C)c(C[NH+](C)CC(=O)NCc2ccccc2C)cc1OC. The number of quaternary nitrogens is 1. The molecule has 0 saturated heterocycles. The van der Waals surface area contributed by atoms with Gasteiger partial charge in [0.05, 0.1) is 21.3 Å². The van der Waals surface area contributed by atoms with Gasteiger partial charge in [-0.05, 0) is 42.7 Å². The summed E-state index contributed by atoms with van der Waals surface area (Å²) in [7, 11) is 5.28. The fourth-order valence-electron chi connectivity index (χ4n) is 2.94. The zero-order chi connectivity index (χ0) is 19.1. The van der Waals surface area contributed by atoms with E-state index in [0.29, 0.717) is 18.8 Å². The summed E-state index contributed by atoms with van der Waals surface area (Å²) in [4.78, 5) is 13.4. The second kappa shape index (κ2) is 9.25. The number of benzene rings is 2. The van der Waals surface area contributed by atoms with Crippen LogP contribution < -0.4 is 19.7 Å². The normalized spacial score (nSPS) is 11.7. The lowest BCUT2D eigenvalue weighted by molar-refractivity contribution is -0.885. The van der Waals surface area contributed by atoms with Crippen molar-refractivity contribution in [3.8, 4) is 11.5 Å². The first kappa shape index (κ1) is 19.8. The Morgan fingerprint density at radius 3 is 2.31 bits per heavy atom. The largest absolute Gasteiger partial charge is 0.493 e. The van der Waals surface area contributed by atoms with Gasteiger partial charge in [0.25, 0.3) is 5.91 Å². The number of rotatable bonds is 8. The summed E-state index contributed by atoms with van der Waals surface area (Å²) in [5, 5.41) is 3.01. The van der Waals surface area contributed by atoms with Gasteiger partial charge in [0.2, 0.25) is 0 Å². The van der Waals surface area contributed by atoms with E-state index in [9.17, 15) is 4.79 Å². The predicted molar refractivity (Wildman–Crippen MR) is 103 cm³/mol. The molecule has 2 N–H and O–H groups in total. The Labute approximate surface area is 155 Å². The van der Waals surface area contributed by atoms with Crippen molar-refractivity contribution in [1.82, 2.24) is 5.32 Å². The summed E-state index contributed by atoms with van der Waals surface area (Å²) in [5.74, 6) is 1.48. The molecule has 0 aliphatic rings. The number of carbonyl (C=O) groups is 1. The van der Waals surface area contributed by atoms with Crippen molar-refractivity contribution in [2.24, 2.45) is 0 Å². The molecule has 0 saturated carbocycles. The lowest BCUT2D eigenvalue weighted by atomic mass is 10.1. The van der Waals surface area contributed by atoms with Crippen molar-refractivity contribution in [2.45, 2.75) is 26.9 Å². The molecule has 1 atom stereocenters. The second-order valence-corrected chi connectivity index (χ2v) is 6.65. The van der Waals surface area contributed by atoms with Crippen molar-refractivity contribution >= 4 is 5.91 Å². The summed E-state index contributed by atoms with van der Waals surface area (Å²) >= 11 is 0. The average molecular weight is 357 g/mol. The zero-order valence-electron chi connectivity index (χ0n) is 16.3. The van der Waals surface area contributed by atoms with E-state index in [1.807, 2.05) is 44.3 Å². The van der Waals surface area contributed by atoms with Crippen molar-refractivity contribution in [2.75, 3.05) is 27.8 Å². The maximum absolute atomic E-state index is 12.3. The Balaban J connectivity index is 1.92. The van der Waals surface area contributed by atoms with Crippen LogP contribution in [0.5, 0.6) is 11.5 Å². The van der Waals surface area contributed by atoms with Crippen molar-refractivity contribution in [1.29, 1.82) is 0 Å². The molecule has 5 nitrogen and oxygen atoms in total. The third-order valence-electron chi connectivity index (χ3n) is 4.53. The minimum Gasteiger partial charge on any atom is -0.493 e. The summed E-state index contributed by atoms with van der Waals surface area (Å²) in [6.45, 7) is 5.82. The van der Waals surface area contributed by atoms with Gasteiger partial charge in [-0.2, -0.15) is 0 Å². The van der Waals surface area contributed by atoms with Gasteiger partial charge in [-0.3, -0.25) is 4.79 Å². The van der Waals surface area contributed by atoms with E-state index in [0.717, 1.165) is 33.9 Å². The van der Waals surface area contributed by atoms with E-state index in [-0.39, 0.29) is 5.91 Å². The number of likely N-dealkylation sites (N-methyl/N-ethyl adjacent to an activating group) is 1. The Bertz CT molecular complexity index is 759. The van der Waals surface area contributed by atoms with Crippen LogP contribution >= 0.6 is 0 Å². The standard InChI is InChI=1S/C21H28N2O3/c1-15-8-6-7-9-17(15)12-22-21(24)14-23(3)13-18-11-20(26-5)19(25-4)10-16(18)2/h6-11H,12-14H2,1-5H3,(H,22,24)/p+1. The first-order valence-corrected chi connectivity index (χ1v) is 8.78. The third kappa shape index (κ3) is 5.23. The molecule has 5 heteroatoms. The van der Waals surface area contributed by atoms with Crippen LogP contribution in [-0.2, 0) is 17.9 Å². The summed E-state index contributed by atoms with van der Waals surface area (Å²) in [5.41, 5.74) is 4.61. The van der Waals surface area contributed by atoms with E-state index in [1.54, 1.807) is 14.2 Å². The van der Waals surface area contributed by atoms with Crippen molar-refractivity contribution < 1.29 is 19.2 Å². The summed E-state index contributed by atoms with van der Waals surface area (Å²) in [6.07, 6.45) is 0. The van der Waals surface area contributed by atoms with Gasteiger partial charge in [0, 0.05) is 12.1 Å². The molecule has 0 aromatic heterocycles. The summed E-state index contributed by atoms with van der Waals surface area (Å²) < 4.78 is 10.7. The minimum absolute atomic E-state index is 0.0453. The minimum atomic E-state index is 0.0453. The molecule has 26 heavy (non-hydrogen) atoms. The first-order chi connectivity index (χ1) is 12.4. The molecular formula is C21H29N2O3+. The van der Waals surface area contributed by atoms with E-state index in [4.69, 9.17) is 9.47 Å². The fraction of sp³-hybridized carbons (Fsp3) is 0.381. The highest BCUT2D eigenvalue weighted by atomic mass is 16.5. The molecule has 0 radical (unpaired) electrons. The third-order valence-corrected chi connectivity index (χ3v) is 4.53. The number of carbonyl (C=O) groups excluding carboxylic acids is 1. The Morgan fingerprint density at radius 1 is 1.00 bits per heavy atom. The van der Waals surface area contributed by atoms with Crippen LogP contribution in [0.1, 0.15) is 22.3 Å². The van der Waals surface area contributed by atoms with Gasteiger partial charge in [0.15, 0.2) is 18.0 Å². The van der Waals surface area contributed by atoms with Crippen LogP contribution in [0.15, 0.2) is 36.4 Å². The molecule has 0 spiro atoms. The molecule has 140 valence electrons. The Morgan fingerprint density at radius 2 is 1.65 bits per heavy atom. The molecular weight excluding hydrogens is 328 g/mol. The van der Waals surface area contributed by atoms with Crippen molar-refractivity contribution in [3.63, 3.8) is 0 Å². The van der Waals surface area contributed by atoms with Gasteiger partial charge in [-0.25, -0.2) is 0 Å². The molecule has 0 aliphatic heterocycles. The number of hydrogen-bond acceptors (Lipinski definition) is 3. The number of ether oxygens (including phenoxy) is 2. The Hall–Kier alpha value is -2.53. The highest BCUT2D eigenvalue weighted by molar-refractivity contribution is 5.76. The smallest absolute Gasteiger partial charge is 0.275 e. The van der Waals surface area contributed by atoms with Gasteiger partial charge in [-0.1, -0.05) is 24.3 Å². The van der Waals surface area contributed by atoms with Gasteiger partial charge >= 0.3 is 0 Å². The number of amides is 1. The summed E-state index contributed by atoms with van der Waals surface area (Å²) in [6, 6.07) is 12.1. The van der Waals surface area contributed by atoms with E-state index in [1.165, 1.54) is 5.56 Å². The number of nitrogens with one attached hydrogen (secondary N) is 2. The van der Waals surface area contributed by atoms with E-state index >= 15 is 0 Å². The highest BCUT2D eigenvalue weighted by Gasteiger charge is 2.15. The van der Waals surface area contributed by atoms with Crippen LogP contribution in [0, 0.1) is 13.8 Å². The quantitative estimate of drug-likeness (QED) is 0.755. The maximum atomic E-state index is 12.3. The lowest BCUT2D eigenvalue weighted by Gasteiger charge is -2.17. The molecule has 1 amide bonds. The van der Waals surface area contributed by atoms with E-state index < -0.39 is 0 Å². The maximum Gasteiger partial charge on any atom is 0.275 e. The number of aryl methyl sites for hydroxylation is 2. The topological polar surface area (TPSA) is 52.0 Å². The number of hydrogen-bond donors (Lipinski definition) is 2. The monoisotopic (exact) mass is 357 g/mol. The lowest BCUT2D eigenvalue weighted by Crippen LogP contribution is -3.08. The van der Waals surface area contributed by atoms with E-state index in [2.05, 4.69) is 18.3 Å². The van der Waals surface area contributed by atoms with Crippen LogP contribution in [0.25, 0.3) is 0 Å². The molecule has 0 bridgehead atoms. The van der Waals surface area contributed by atoms with Crippen LogP contribution in [0.2, 0.25) is 0 Å². The molecule has 0 fully saturated rings. The van der Waals surface area contributed by atoms with Crippen LogP contribution in [-0.4, -0.2) is 33.7 Å². The van der Waals surface area contributed by atoms with Gasteiger partial charge in [-0.15, -0.1) is 0 Å². The van der Waals surface area contributed by atoms with Gasteiger partial charge < -0.3 is 19.7 Å². The van der Waals surface area contributed by atoms with Crippen LogP contribution in [0.3, 0.4) is 0 Å². The molecule has 2 rings (SSSR count). The second-order valence-electron chi connectivity index (χ2n) is 6.65. The first-order valence-electron chi connectivity index (χ1n) is 8.78. The van der Waals surface area contributed by atoms with Gasteiger partial charge in [0.1, 0.15) is 6.54 Å². The van der Waals surface area contributed by atoms with Crippen molar-refractivity contribution in [3.05, 3.63) is 58.7 Å². The molecule has 2 aromatic carbocycles. The number of methoxy groups -OCH3 is 2. The fourth-order valence-corrected chi connectivity index (χ4v) is 2.94. The molecule has 1 unspecified atom stereocenters. The molecule has 0 aliphatic carbocycles. The van der Waals surface area contributed by atoms with Crippen LogP contribution in [0.4, 0.5) is 0 Å². The average Bonchev–Trinajstić information content (AvgIpc) is 2.62. The zero-order valence-corrected chi connectivity index (χ0v) is 16.3. The predicted octanol–water partition coefficient (Wildman–Crippen LogP) is 1.65. The molecule has 2 aromatic rings. The molecule has 0 heterocycles. The highest BCUT2D eigenvalue weighted by Crippen LogP contribution is 2.29.